The Hall–Kier alpha value is -0.410. The van der Waals surface area contributed by atoms with Gasteiger partial charge in [0.25, 0.3) is 0 Å². The molecule has 74 valence electrons. The van der Waals surface area contributed by atoms with Gasteiger partial charge in [0.2, 0.25) is 0 Å². The number of alkyl halides is 1. The second kappa shape index (κ2) is 3.31. The fraction of sp³-hybridized carbons (Fsp3) is 0.273. The number of hydrogen-bond acceptors (Lipinski definition) is 1. The van der Waals surface area contributed by atoms with E-state index >= 15 is 0 Å². The molecule has 0 atom stereocenters. The lowest BCUT2D eigenvalue weighted by Gasteiger charge is -2.13. The van der Waals surface area contributed by atoms with Crippen molar-refractivity contribution in [2.24, 2.45) is 0 Å². The van der Waals surface area contributed by atoms with Crippen molar-refractivity contribution in [3.63, 3.8) is 0 Å². The van der Waals surface area contributed by atoms with Crippen LogP contribution >= 0.6 is 27.3 Å². The first-order valence-electron chi connectivity index (χ1n) is 4.35. The molecule has 0 aliphatic carbocycles. The minimum atomic E-state index is -1.28. The second-order valence-corrected chi connectivity index (χ2v) is 5.50. The molecular weight excluding hydrogens is 263 g/mol. The Morgan fingerprint density at radius 1 is 1.36 bits per heavy atom. The van der Waals surface area contributed by atoms with Gasteiger partial charge in [0, 0.05) is 20.1 Å². The lowest BCUT2D eigenvalue weighted by molar-refractivity contribution is 0.224. The van der Waals surface area contributed by atoms with Crippen molar-refractivity contribution in [2.75, 3.05) is 0 Å². The Balaban J connectivity index is 2.80. The topological polar surface area (TPSA) is 0 Å². The minimum absolute atomic E-state index is 0.768. The van der Waals surface area contributed by atoms with Crippen molar-refractivity contribution in [1.82, 2.24) is 0 Å². The summed E-state index contributed by atoms with van der Waals surface area (Å²) in [6.45, 7) is 3.18. The molecule has 0 fully saturated rings. The normalized spacial score (nSPS) is 12.3. The van der Waals surface area contributed by atoms with Gasteiger partial charge in [-0.1, -0.05) is 22.0 Å². The molecule has 0 spiro atoms. The van der Waals surface area contributed by atoms with E-state index in [1.165, 1.54) is 0 Å². The summed E-state index contributed by atoms with van der Waals surface area (Å²) in [7, 11) is 0. The van der Waals surface area contributed by atoms with Crippen molar-refractivity contribution in [3.05, 3.63) is 33.6 Å². The van der Waals surface area contributed by atoms with Crippen molar-refractivity contribution in [2.45, 2.75) is 19.5 Å². The average molecular weight is 273 g/mol. The first-order chi connectivity index (χ1) is 6.50. The van der Waals surface area contributed by atoms with Crippen molar-refractivity contribution in [3.8, 4) is 0 Å². The molecule has 0 aliphatic rings. The summed E-state index contributed by atoms with van der Waals surface area (Å²) < 4.78 is 15.9. The Kier molecular flexibility index (Phi) is 2.40. The monoisotopic (exact) mass is 272 g/mol. The van der Waals surface area contributed by atoms with E-state index < -0.39 is 5.67 Å². The van der Waals surface area contributed by atoms with Gasteiger partial charge in [-0.2, -0.15) is 0 Å². The van der Waals surface area contributed by atoms with Gasteiger partial charge in [0.1, 0.15) is 5.67 Å². The van der Waals surface area contributed by atoms with Gasteiger partial charge in [-0.15, -0.1) is 11.3 Å². The van der Waals surface area contributed by atoms with E-state index in [4.69, 9.17) is 0 Å². The molecule has 2 rings (SSSR count). The molecule has 0 saturated heterocycles. The molecule has 1 aromatic heterocycles. The zero-order chi connectivity index (χ0) is 10.3. The summed E-state index contributed by atoms with van der Waals surface area (Å²) >= 11 is 5.04. The number of halogens is 2. The van der Waals surface area contributed by atoms with E-state index in [0.717, 1.165) is 20.1 Å². The predicted octanol–water partition coefficient (Wildman–Crippen LogP) is 4.87. The Bertz CT molecular complexity index is 468. The maximum Gasteiger partial charge on any atom is 0.131 e. The summed E-state index contributed by atoms with van der Waals surface area (Å²) in [6, 6.07) is 5.93. The van der Waals surface area contributed by atoms with E-state index in [9.17, 15) is 4.39 Å². The van der Waals surface area contributed by atoms with Crippen LogP contribution in [0.3, 0.4) is 0 Å². The molecular formula is C11H10BrFS. The fourth-order valence-electron chi connectivity index (χ4n) is 1.48. The molecule has 0 bridgehead atoms. The van der Waals surface area contributed by atoms with Crippen LogP contribution in [0.15, 0.2) is 28.1 Å². The SMILES string of the molecule is CC(C)(F)c1csc2cccc(Br)c12. The molecule has 14 heavy (non-hydrogen) atoms. The van der Waals surface area contributed by atoms with Crippen LogP contribution in [0.4, 0.5) is 4.39 Å². The van der Waals surface area contributed by atoms with Gasteiger partial charge in [-0.25, -0.2) is 4.39 Å². The molecule has 0 radical (unpaired) electrons. The molecule has 0 N–H and O–H groups in total. The highest BCUT2D eigenvalue weighted by Crippen LogP contribution is 2.39. The number of benzene rings is 1. The van der Waals surface area contributed by atoms with Crippen molar-refractivity contribution in [1.29, 1.82) is 0 Å². The van der Waals surface area contributed by atoms with E-state index in [-0.39, 0.29) is 0 Å². The zero-order valence-electron chi connectivity index (χ0n) is 7.97. The largest absolute Gasteiger partial charge is 0.239 e. The van der Waals surface area contributed by atoms with Crippen molar-refractivity contribution >= 4 is 37.4 Å². The van der Waals surface area contributed by atoms with E-state index in [1.807, 2.05) is 23.6 Å². The number of rotatable bonds is 1. The first kappa shape index (κ1) is 10.1. The summed E-state index contributed by atoms with van der Waals surface area (Å²) in [4.78, 5) is 0. The smallest absolute Gasteiger partial charge is 0.131 e. The quantitative estimate of drug-likeness (QED) is 0.695. The van der Waals surface area contributed by atoms with Crippen LogP contribution in [0.25, 0.3) is 10.1 Å². The highest BCUT2D eigenvalue weighted by atomic mass is 79.9. The lowest BCUT2D eigenvalue weighted by atomic mass is 10.00. The summed E-state index contributed by atoms with van der Waals surface area (Å²) in [6.07, 6.45) is 0. The van der Waals surface area contributed by atoms with Gasteiger partial charge in [0.05, 0.1) is 0 Å². The molecule has 1 heterocycles. The molecule has 3 heteroatoms. The predicted molar refractivity (Wildman–Crippen MR) is 63.7 cm³/mol. The summed E-state index contributed by atoms with van der Waals surface area (Å²) in [5, 5.41) is 2.90. The minimum Gasteiger partial charge on any atom is -0.239 e. The van der Waals surface area contributed by atoms with Gasteiger partial charge in [-0.05, 0) is 31.4 Å². The second-order valence-electron chi connectivity index (χ2n) is 3.73. The highest BCUT2D eigenvalue weighted by Gasteiger charge is 2.23. The third kappa shape index (κ3) is 1.59. The van der Waals surface area contributed by atoms with Crippen LogP contribution in [0.5, 0.6) is 0 Å². The van der Waals surface area contributed by atoms with Gasteiger partial charge in [-0.3, -0.25) is 0 Å². The molecule has 0 nitrogen and oxygen atoms in total. The van der Waals surface area contributed by atoms with Gasteiger partial charge < -0.3 is 0 Å². The van der Waals surface area contributed by atoms with Gasteiger partial charge in [0.15, 0.2) is 0 Å². The standard InChI is InChI=1S/C11H10BrFS/c1-11(2,13)7-6-14-9-5-3-4-8(12)10(7)9/h3-6H,1-2H3. The van der Waals surface area contributed by atoms with Crippen LogP contribution < -0.4 is 0 Å². The Morgan fingerprint density at radius 3 is 2.71 bits per heavy atom. The number of hydrogen-bond donors (Lipinski definition) is 0. The van der Waals surface area contributed by atoms with Crippen LogP contribution in [0.1, 0.15) is 19.4 Å². The molecule has 0 saturated carbocycles. The maximum atomic E-state index is 13.9. The Labute approximate surface area is 94.9 Å². The van der Waals surface area contributed by atoms with E-state index in [2.05, 4.69) is 15.9 Å². The molecule has 1 aromatic carbocycles. The average Bonchev–Trinajstić information content (AvgIpc) is 2.47. The maximum absolute atomic E-state index is 13.9. The van der Waals surface area contributed by atoms with Gasteiger partial charge >= 0.3 is 0 Å². The third-order valence-corrected chi connectivity index (χ3v) is 3.80. The molecule has 2 aromatic rings. The lowest BCUT2D eigenvalue weighted by Crippen LogP contribution is -2.07. The van der Waals surface area contributed by atoms with E-state index in [0.29, 0.717) is 0 Å². The fourth-order valence-corrected chi connectivity index (χ4v) is 3.33. The highest BCUT2D eigenvalue weighted by molar-refractivity contribution is 9.10. The molecule has 0 unspecified atom stereocenters. The summed E-state index contributed by atoms with van der Waals surface area (Å²) in [5.41, 5.74) is -0.507. The molecule has 0 amide bonds. The van der Waals surface area contributed by atoms with Crippen LogP contribution in [-0.2, 0) is 5.67 Å². The first-order valence-corrected chi connectivity index (χ1v) is 6.02. The summed E-state index contributed by atoms with van der Waals surface area (Å²) in [5.74, 6) is 0. The number of fused-ring (bicyclic) bond motifs is 1. The van der Waals surface area contributed by atoms with E-state index in [1.54, 1.807) is 25.2 Å². The van der Waals surface area contributed by atoms with Crippen LogP contribution in [0.2, 0.25) is 0 Å². The Morgan fingerprint density at radius 2 is 2.07 bits per heavy atom. The third-order valence-electron chi connectivity index (χ3n) is 2.19. The number of thiophene rings is 1. The zero-order valence-corrected chi connectivity index (χ0v) is 10.4. The van der Waals surface area contributed by atoms with Crippen molar-refractivity contribution < 1.29 is 4.39 Å². The molecule has 0 aliphatic heterocycles. The van der Waals surface area contributed by atoms with Crippen LogP contribution in [0, 0.1) is 0 Å². The van der Waals surface area contributed by atoms with Crippen LogP contribution in [-0.4, -0.2) is 0 Å².